The number of rotatable bonds is 4. The topological polar surface area (TPSA) is 12.9 Å². The van der Waals surface area contributed by atoms with Crippen LogP contribution in [0.2, 0.25) is 0 Å². The highest BCUT2D eigenvalue weighted by atomic mass is 19.1. The summed E-state index contributed by atoms with van der Waals surface area (Å²) in [7, 11) is 0. The van der Waals surface area contributed by atoms with Crippen molar-refractivity contribution in [2.75, 3.05) is 0 Å². The minimum absolute atomic E-state index is 0.0327. The molecule has 0 bridgehead atoms. The molecule has 1 heterocycles. The summed E-state index contributed by atoms with van der Waals surface area (Å²) in [6, 6.07) is 2.11. The molecule has 0 aliphatic heterocycles. The Morgan fingerprint density at radius 1 is 1.24 bits per heavy atom. The van der Waals surface area contributed by atoms with Crippen LogP contribution in [0.5, 0.6) is 0 Å². The fourth-order valence-electron chi connectivity index (χ4n) is 5.09. The van der Waals surface area contributed by atoms with Gasteiger partial charge in [0, 0.05) is 22.4 Å². The molecule has 178 valence electrons. The number of hydrogen-bond acceptors (Lipinski definition) is 1. The molecule has 0 saturated carbocycles. The Labute approximate surface area is 201 Å². The van der Waals surface area contributed by atoms with Crippen molar-refractivity contribution in [3.05, 3.63) is 58.0 Å². The number of halogens is 1. The van der Waals surface area contributed by atoms with Crippen molar-refractivity contribution in [3.63, 3.8) is 0 Å². The molecule has 1 aromatic heterocycles. The number of aromatic nitrogens is 1. The summed E-state index contributed by atoms with van der Waals surface area (Å²) in [6.45, 7) is 21.2. The van der Waals surface area contributed by atoms with Gasteiger partial charge in [-0.2, -0.15) is 0 Å². The van der Waals surface area contributed by atoms with Crippen molar-refractivity contribution >= 4 is 16.7 Å². The van der Waals surface area contributed by atoms with E-state index in [2.05, 4.69) is 85.4 Å². The van der Waals surface area contributed by atoms with Crippen LogP contribution < -0.4 is 10.4 Å². The molecule has 0 radical (unpaired) electrons. The molecule has 2 heteroatoms. The van der Waals surface area contributed by atoms with E-state index >= 15 is 4.39 Å². The zero-order chi connectivity index (χ0) is 25.0. The first-order valence-corrected chi connectivity index (χ1v) is 12.3. The van der Waals surface area contributed by atoms with Gasteiger partial charge in [0.05, 0.1) is 5.69 Å². The van der Waals surface area contributed by atoms with E-state index in [0.29, 0.717) is 0 Å². The van der Waals surface area contributed by atoms with Crippen molar-refractivity contribution in [2.24, 2.45) is 16.7 Å². The SMILES string of the molecule is CC#CC.CCC=CC(C)(CC)C1CC=C(F)C2=C1c1nccc(=C(C)C)c1=C(C)C2(C)C. The molecular formula is C31H42FN. The van der Waals surface area contributed by atoms with Crippen LogP contribution >= 0.6 is 0 Å². The predicted molar refractivity (Wildman–Crippen MR) is 142 cm³/mol. The van der Waals surface area contributed by atoms with Crippen LogP contribution in [-0.4, -0.2) is 4.98 Å². The molecular weight excluding hydrogens is 405 g/mol. The highest BCUT2D eigenvalue weighted by Gasteiger charge is 2.45. The van der Waals surface area contributed by atoms with Crippen molar-refractivity contribution in [2.45, 2.75) is 88.5 Å². The third-order valence-corrected chi connectivity index (χ3v) is 7.61. The summed E-state index contributed by atoms with van der Waals surface area (Å²) in [6.07, 6.45) is 11.1. The predicted octanol–water partition coefficient (Wildman–Crippen LogP) is 7.52. The fraction of sp³-hybridized carbons (Fsp3) is 0.516. The highest BCUT2D eigenvalue weighted by Crippen LogP contribution is 2.54. The van der Waals surface area contributed by atoms with Crippen LogP contribution in [-0.2, 0) is 0 Å². The number of allylic oxidation sites excluding steroid dienone is 6. The zero-order valence-corrected chi connectivity index (χ0v) is 22.4. The van der Waals surface area contributed by atoms with Gasteiger partial charge in [0.25, 0.3) is 0 Å². The maximum Gasteiger partial charge on any atom is 0.123 e. The molecule has 0 saturated heterocycles. The average Bonchev–Trinajstić information content (AvgIpc) is 2.80. The first-order valence-electron chi connectivity index (χ1n) is 12.3. The number of nitrogens with zero attached hydrogens (tertiary/aromatic N) is 1. The summed E-state index contributed by atoms with van der Waals surface area (Å²) in [5, 5.41) is 2.46. The molecule has 0 amide bonds. The molecule has 0 aromatic carbocycles. The van der Waals surface area contributed by atoms with Crippen molar-refractivity contribution in [1.29, 1.82) is 0 Å². The molecule has 33 heavy (non-hydrogen) atoms. The van der Waals surface area contributed by atoms with E-state index in [9.17, 15) is 0 Å². The van der Waals surface area contributed by atoms with Gasteiger partial charge in [0.1, 0.15) is 5.83 Å². The van der Waals surface area contributed by atoms with Crippen molar-refractivity contribution < 1.29 is 4.39 Å². The normalized spacial score (nSPS) is 20.5. The van der Waals surface area contributed by atoms with Gasteiger partial charge in [-0.25, -0.2) is 4.39 Å². The quantitative estimate of drug-likeness (QED) is 0.343. The van der Waals surface area contributed by atoms with Gasteiger partial charge in [-0.15, -0.1) is 11.8 Å². The first kappa shape index (κ1) is 26.8. The number of hydrogen-bond donors (Lipinski definition) is 0. The second-order valence-corrected chi connectivity index (χ2v) is 10.1. The Morgan fingerprint density at radius 3 is 2.39 bits per heavy atom. The molecule has 2 unspecified atom stereocenters. The van der Waals surface area contributed by atoms with E-state index in [4.69, 9.17) is 4.98 Å². The van der Waals surface area contributed by atoms with Gasteiger partial charge in [-0.3, -0.25) is 4.98 Å². The Bertz CT molecular complexity index is 1150. The van der Waals surface area contributed by atoms with Crippen LogP contribution in [0.1, 0.15) is 94.2 Å². The molecule has 2 aliphatic rings. The van der Waals surface area contributed by atoms with E-state index in [1.165, 1.54) is 21.6 Å². The van der Waals surface area contributed by atoms with Crippen LogP contribution in [0.25, 0.3) is 16.7 Å². The summed E-state index contributed by atoms with van der Waals surface area (Å²) in [5.41, 5.74) is 5.06. The number of pyridine rings is 1. The lowest BCUT2D eigenvalue weighted by Gasteiger charge is -2.44. The Hall–Kier alpha value is -2.40. The molecule has 0 N–H and O–H groups in total. The van der Waals surface area contributed by atoms with Crippen LogP contribution in [0, 0.1) is 28.6 Å². The standard InChI is InChI=1S/C27H36FN.C4H6/c1-9-11-15-27(8,10-2)20-12-13-21(28)24-23(20)25-22(18(5)26(24,6)7)19(17(3)4)14-16-29-25;1-3-4-2/h11,13-16,20H,9-10,12H2,1-8H3;1-2H3. The van der Waals surface area contributed by atoms with Gasteiger partial charge in [-0.05, 0) is 88.1 Å². The molecule has 0 fully saturated rings. The van der Waals surface area contributed by atoms with Gasteiger partial charge in [0.15, 0.2) is 0 Å². The Kier molecular flexibility index (Phi) is 8.69. The van der Waals surface area contributed by atoms with Gasteiger partial charge < -0.3 is 0 Å². The number of fused-ring (bicyclic) bond motifs is 2. The Balaban J connectivity index is 0.000000890. The van der Waals surface area contributed by atoms with E-state index < -0.39 is 0 Å². The summed E-state index contributed by atoms with van der Waals surface area (Å²) in [5.74, 6) is 5.52. The van der Waals surface area contributed by atoms with Gasteiger partial charge >= 0.3 is 0 Å². The van der Waals surface area contributed by atoms with E-state index in [-0.39, 0.29) is 22.6 Å². The largest absolute Gasteiger partial charge is 0.256 e. The Morgan fingerprint density at radius 2 is 1.88 bits per heavy atom. The molecule has 1 nitrogen and oxygen atoms in total. The van der Waals surface area contributed by atoms with Crippen molar-refractivity contribution in [1.82, 2.24) is 4.98 Å². The minimum atomic E-state index is -0.363. The van der Waals surface area contributed by atoms with Crippen LogP contribution in [0.4, 0.5) is 4.39 Å². The minimum Gasteiger partial charge on any atom is -0.256 e. The lowest BCUT2D eigenvalue weighted by Crippen LogP contribution is -2.43. The maximum absolute atomic E-state index is 15.4. The molecule has 2 atom stereocenters. The first-order chi connectivity index (χ1) is 15.5. The molecule has 2 aliphatic carbocycles. The second-order valence-electron chi connectivity index (χ2n) is 10.1. The lowest BCUT2D eigenvalue weighted by atomic mass is 9.60. The molecule has 1 aromatic rings. The monoisotopic (exact) mass is 447 g/mol. The zero-order valence-electron chi connectivity index (χ0n) is 22.4. The third kappa shape index (κ3) is 4.93. The average molecular weight is 448 g/mol. The van der Waals surface area contributed by atoms with E-state index in [1.54, 1.807) is 0 Å². The molecule has 3 rings (SSSR count). The summed E-state index contributed by atoms with van der Waals surface area (Å²) >= 11 is 0. The van der Waals surface area contributed by atoms with Crippen LogP contribution in [0.3, 0.4) is 0 Å². The third-order valence-electron chi connectivity index (χ3n) is 7.61. The van der Waals surface area contributed by atoms with E-state index in [1.807, 2.05) is 26.1 Å². The summed E-state index contributed by atoms with van der Waals surface area (Å²) in [4.78, 5) is 4.87. The van der Waals surface area contributed by atoms with E-state index in [0.717, 1.165) is 36.1 Å². The van der Waals surface area contributed by atoms with Gasteiger partial charge in [0.2, 0.25) is 0 Å². The molecule has 0 spiro atoms. The summed E-state index contributed by atoms with van der Waals surface area (Å²) < 4.78 is 15.4. The fourth-order valence-corrected chi connectivity index (χ4v) is 5.09. The lowest BCUT2D eigenvalue weighted by molar-refractivity contribution is 0.297. The smallest absolute Gasteiger partial charge is 0.123 e. The highest BCUT2D eigenvalue weighted by molar-refractivity contribution is 5.83. The second kappa shape index (κ2) is 10.7. The maximum atomic E-state index is 15.4. The van der Waals surface area contributed by atoms with Gasteiger partial charge in [-0.1, -0.05) is 57.9 Å². The van der Waals surface area contributed by atoms with Crippen LogP contribution in [0.15, 0.2) is 41.9 Å². The van der Waals surface area contributed by atoms with Crippen molar-refractivity contribution in [3.8, 4) is 11.8 Å².